The molecule has 1 aromatic carbocycles. The zero-order valence-electron chi connectivity index (χ0n) is 11.8. The van der Waals surface area contributed by atoms with Crippen LogP contribution in [0, 0.1) is 0 Å². The predicted octanol–water partition coefficient (Wildman–Crippen LogP) is 4.25. The average molecular weight is 358 g/mol. The quantitative estimate of drug-likeness (QED) is 0.746. The van der Waals surface area contributed by atoms with Gasteiger partial charge in [-0.1, -0.05) is 34.8 Å². The first-order valence-corrected chi connectivity index (χ1v) is 8.94. The summed E-state index contributed by atoms with van der Waals surface area (Å²) in [4.78, 5) is 5.19. The second kappa shape index (κ2) is 6.67. The van der Waals surface area contributed by atoms with Crippen molar-refractivity contribution in [3.8, 4) is 0 Å². The van der Waals surface area contributed by atoms with Crippen molar-refractivity contribution in [3.05, 3.63) is 28.2 Å². The molecule has 0 N–H and O–H groups in total. The molecule has 1 aliphatic carbocycles. The third-order valence-corrected chi connectivity index (χ3v) is 5.73. The van der Waals surface area contributed by atoms with Crippen molar-refractivity contribution in [2.75, 3.05) is 31.1 Å². The van der Waals surface area contributed by atoms with Crippen LogP contribution in [-0.4, -0.2) is 37.1 Å². The van der Waals surface area contributed by atoms with E-state index in [1.807, 2.05) is 0 Å². The number of alkyl halides is 1. The molecule has 20 heavy (non-hydrogen) atoms. The van der Waals surface area contributed by atoms with Gasteiger partial charge in [-0.05, 0) is 30.5 Å². The minimum atomic E-state index is 0.566. The molecule has 1 aliphatic heterocycles. The van der Waals surface area contributed by atoms with Crippen LogP contribution in [0.3, 0.4) is 0 Å². The molecule has 0 bridgehead atoms. The molecule has 2 nitrogen and oxygen atoms in total. The summed E-state index contributed by atoms with van der Waals surface area (Å²) >= 11 is 9.53. The van der Waals surface area contributed by atoms with E-state index in [-0.39, 0.29) is 0 Å². The van der Waals surface area contributed by atoms with Gasteiger partial charge in [0.1, 0.15) is 0 Å². The van der Waals surface area contributed by atoms with Crippen LogP contribution in [-0.2, 0) is 5.88 Å². The van der Waals surface area contributed by atoms with E-state index < -0.39 is 0 Å². The van der Waals surface area contributed by atoms with Crippen LogP contribution >= 0.6 is 27.5 Å². The van der Waals surface area contributed by atoms with Gasteiger partial charge in [-0.3, -0.25) is 4.90 Å². The lowest BCUT2D eigenvalue weighted by molar-refractivity contribution is 0.187. The Morgan fingerprint density at radius 3 is 2.40 bits per heavy atom. The van der Waals surface area contributed by atoms with Crippen LogP contribution in [0.15, 0.2) is 22.7 Å². The number of nitrogens with zero attached hydrogens (tertiary/aromatic N) is 2. The van der Waals surface area contributed by atoms with E-state index >= 15 is 0 Å². The van der Waals surface area contributed by atoms with Gasteiger partial charge in [0.25, 0.3) is 0 Å². The Balaban J connectivity index is 1.61. The normalized spacial score (nSPS) is 21.6. The molecule has 1 saturated heterocycles. The minimum absolute atomic E-state index is 0.566. The molecule has 110 valence electrons. The van der Waals surface area contributed by atoms with E-state index in [4.69, 9.17) is 11.6 Å². The predicted molar refractivity (Wildman–Crippen MR) is 89.7 cm³/mol. The maximum Gasteiger partial charge on any atom is 0.0485 e. The standard InChI is InChI=1S/C16H22BrClN2/c17-16-11-15(6-5-13(16)12-18)20-9-7-19(8-10-20)14-3-1-2-4-14/h5-6,11,14H,1-4,7-10,12H2. The molecule has 0 amide bonds. The van der Waals surface area contributed by atoms with Gasteiger partial charge in [-0.15, -0.1) is 11.6 Å². The molecule has 0 radical (unpaired) electrons. The first-order valence-electron chi connectivity index (χ1n) is 7.61. The Hall–Kier alpha value is -0.250. The molecule has 0 aromatic heterocycles. The molecule has 4 heteroatoms. The lowest BCUT2D eigenvalue weighted by Gasteiger charge is -2.39. The van der Waals surface area contributed by atoms with E-state index in [2.05, 4.69) is 43.9 Å². The molecule has 3 rings (SSSR count). The van der Waals surface area contributed by atoms with Crippen molar-refractivity contribution < 1.29 is 0 Å². The lowest BCUT2D eigenvalue weighted by Crippen LogP contribution is -2.49. The number of rotatable bonds is 3. The third kappa shape index (κ3) is 3.15. The second-order valence-corrected chi connectivity index (χ2v) is 6.99. The maximum absolute atomic E-state index is 5.91. The van der Waals surface area contributed by atoms with E-state index in [1.54, 1.807) is 0 Å². The second-order valence-electron chi connectivity index (χ2n) is 5.87. The zero-order valence-corrected chi connectivity index (χ0v) is 14.2. The van der Waals surface area contributed by atoms with Gasteiger partial charge in [0.15, 0.2) is 0 Å². The summed E-state index contributed by atoms with van der Waals surface area (Å²) in [5.74, 6) is 0.566. The summed E-state index contributed by atoms with van der Waals surface area (Å²) < 4.78 is 1.13. The number of hydrogen-bond acceptors (Lipinski definition) is 2. The molecule has 1 saturated carbocycles. The topological polar surface area (TPSA) is 6.48 Å². The monoisotopic (exact) mass is 356 g/mol. The van der Waals surface area contributed by atoms with Crippen LogP contribution in [0.2, 0.25) is 0 Å². The maximum atomic E-state index is 5.91. The van der Waals surface area contributed by atoms with Gasteiger partial charge in [0.2, 0.25) is 0 Å². The zero-order chi connectivity index (χ0) is 13.9. The molecule has 0 unspecified atom stereocenters. The number of anilines is 1. The summed E-state index contributed by atoms with van der Waals surface area (Å²) in [5, 5.41) is 0. The number of hydrogen-bond donors (Lipinski definition) is 0. The summed E-state index contributed by atoms with van der Waals surface area (Å²) in [6.07, 6.45) is 5.68. The molecule has 0 spiro atoms. The van der Waals surface area contributed by atoms with Gasteiger partial charge in [0.05, 0.1) is 0 Å². The first kappa shape index (κ1) is 14.7. The van der Waals surface area contributed by atoms with E-state index in [9.17, 15) is 0 Å². The SMILES string of the molecule is ClCc1ccc(N2CCN(C3CCCC3)CC2)cc1Br. The highest BCUT2D eigenvalue weighted by molar-refractivity contribution is 9.10. The summed E-state index contributed by atoms with van der Waals surface area (Å²) in [6.45, 7) is 4.70. The van der Waals surface area contributed by atoms with Gasteiger partial charge < -0.3 is 4.90 Å². The molecular formula is C16H22BrClN2. The fourth-order valence-corrected chi connectivity index (χ4v) is 4.36. The average Bonchev–Trinajstić information content (AvgIpc) is 3.01. The van der Waals surface area contributed by atoms with E-state index in [0.717, 1.165) is 23.6 Å². The van der Waals surface area contributed by atoms with Crippen LogP contribution in [0.4, 0.5) is 5.69 Å². The lowest BCUT2D eigenvalue weighted by atomic mass is 10.1. The number of piperazine rings is 1. The van der Waals surface area contributed by atoms with Gasteiger partial charge in [-0.2, -0.15) is 0 Å². The number of benzene rings is 1. The third-order valence-electron chi connectivity index (χ3n) is 4.70. The smallest absolute Gasteiger partial charge is 0.0485 e. The van der Waals surface area contributed by atoms with Crippen molar-refractivity contribution in [3.63, 3.8) is 0 Å². The van der Waals surface area contributed by atoms with Crippen molar-refractivity contribution in [2.45, 2.75) is 37.6 Å². The summed E-state index contributed by atoms with van der Waals surface area (Å²) in [6, 6.07) is 7.41. The molecule has 2 fully saturated rings. The Morgan fingerprint density at radius 2 is 1.80 bits per heavy atom. The Bertz CT molecular complexity index is 452. The highest BCUT2D eigenvalue weighted by atomic mass is 79.9. The van der Waals surface area contributed by atoms with Gasteiger partial charge in [0, 0.05) is 48.3 Å². The molecule has 2 aliphatic rings. The van der Waals surface area contributed by atoms with Crippen molar-refractivity contribution in [1.29, 1.82) is 0 Å². The minimum Gasteiger partial charge on any atom is -0.369 e. The van der Waals surface area contributed by atoms with Crippen molar-refractivity contribution >= 4 is 33.2 Å². The molecule has 0 atom stereocenters. The van der Waals surface area contributed by atoms with Crippen LogP contribution in [0.5, 0.6) is 0 Å². The van der Waals surface area contributed by atoms with Crippen LogP contribution in [0.25, 0.3) is 0 Å². The van der Waals surface area contributed by atoms with Crippen LogP contribution < -0.4 is 4.90 Å². The van der Waals surface area contributed by atoms with Crippen LogP contribution in [0.1, 0.15) is 31.2 Å². The Kier molecular flexibility index (Phi) is 4.90. The van der Waals surface area contributed by atoms with Gasteiger partial charge >= 0.3 is 0 Å². The first-order chi connectivity index (χ1) is 9.78. The van der Waals surface area contributed by atoms with E-state index in [1.165, 1.54) is 50.0 Å². The summed E-state index contributed by atoms with van der Waals surface area (Å²) in [7, 11) is 0. The largest absolute Gasteiger partial charge is 0.369 e. The Morgan fingerprint density at radius 1 is 1.10 bits per heavy atom. The fourth-order valence-electron chi connectivity index (χ4n) is 3.46. The molecule has 1 heterocycles. The van der Waals surface area contributed by atoms with Crippen molar-refractivity contribution in [2.24, 2.45) is 0 Å². The number of halogens is 2. The highest BCUT2D eigenvalue weighted by Gasteiger charge is 2.26. The van der Waals surface area contributed by atoms with Gasteiger partial charge in [-0.25, -0.2) is 0 Å². The fraction of sp³-hybridized carbons (Fsp3) is 0.625. The highest BCUT2D eigenvalue weighted by Crippen LogP contribution is 2.28. The molecular weight excluding hydrogens is 336 g/mol. The summed E-state index contributed by atoms with van der Waals surface area (Å²) in [5.41, 5.74) is 2.48. The molecule has 1 aromatic rings. The van der Waals surface area contributed by atoms with E-state index in [0.29, 0.717) is 5.88 Å². The Labute approximate surface area is 135 Å². The van der Waals surface area contributed by atoms with Crippen molar-refractivity contribution in [1.82, 2.24) is 4.90 Å².